The molecule has 0 bridgehead atoms. The van der Waals surface area contributed by atoms with Crippen LogP contribution in [-0.2, 0) is 19.5 Å². The lowest BCUT2D eigenvalue weighted by Crippen LogP contribution is -2.55. The zero-order valence-electron chi connectivity index (χ0n) is 31.4. The molecule has 1 unspecified atom stereocenters. The third kappa shape index (κ3) is 10.9. The summed E-state index contributed by atoms with van der Waals surface area (Å²) in [4.78, 5) is 38.3. The number of anilines is 6. The Morgan fingerprint density at radius 1 is 0.527 bits per heavy atom. The van der Waals surface area contributed by atoms with Gasteiger partial charge in [-0.15, -0.1) is 0 Å². The van der Waals surface area contributed by atoms with E-state index < -0.39 is 0 Å². The van der Waals surface area contributed by atoms with Crippen LogP contribution in [-0.4, -0.2) is 108 Å². The van der Waals surface area contributed by atoms with Gasteiger partial charge >= 0.3 is 0 Å². The van der Waals surface area contributed by atoms with E-state index in [4.69, 9.17) is 52.8 Å². The number of hydrogen-bond acceptors (Lipinski definition) is 16. The first kappa shape index (κ1) is 39.0. The summed E-state index contributed by atoms with van der Waals surface area (Å²) >= 11 is 0. The molecule has 0 aliphatic carbocycles. The van der Waals surface area contributed by atoms with Crippen LogP contribution in [0.1, 0.15) is 16.7 Å². The van der Waals surface area contributed by atoms with E-state index in [1.165, 1.54) is 5.56 Å². The van der Waals surface area contributed by atoms with Crippen LogP contribution < -0.4 is 53.2 Å². The molecule has 0 amide bonds. The highest BCUT2D eigenvalue weighted by Crippen LogP contribution is 2.27. The van der Waals surface area contributed by atoms with Gasteiger partial charge in [0, 0.05) is 85.1 Å². The average molecular weight is 747 g/mol. The normalized spacial score (nSPS) is 14.1. The molecule has 55 heavy (non-hydrogen) atoms. The average Bonchev–Trinajstić information content (AvgIpc) is 3.23. The quantitative estimate of drug-likeness (QED) is 0.0667. The molecule has 16 heteroatoms. The topological polar surface area (TPSA) is 218 Å². The molecular weight excluding hydrogens is 693 g/mol. The minimum Gasteiger partial charge on any atom is -0.350 e. The van der Waals surface area contributed by atoms with Crippen molar-refractivity contribution in [2.24, 2.45) is 22.9 Å². The Morgan fingerprint density at radius 3 is 1.44 bits per heavy atom. The second kappa shape index (κ2) is 20.1. The standard InChI is InChI=1S/C39H54N16/c40-16-20-52(21-17-41)36-46-34(44-27-31-12-6-2-7-13-31)48-38(50-36)54-24-25-55(33(29-54)26-30-10-4-1-5-11-30)39-49-35(45-28-32-14-8-3-9-15-32)47-37(51-39)53(22-18-42)23-19-43/h1-15,33H,16-29,40-43H2,(H,44,46,48,50)(H,45,47,49,51). The van der Waals surface area contributed by atoms with Crippen molar-refractivity contribution < 1.29 is 0 Å². The predicted molar refractivity (Wildman–Crippen MR) is 221 cm³/mol. The summed E-state index contributed by atoms with van der Waals surface area (Å²) in [5.41, 5.74) is 27.5. The number of nitrogens with zero attached hydrogens (tertiary/aromatic N) is 10. The Balaban J connectivity index is 1.34. The van der Waals surface area contributed by atoms with Crippen LogP contribution in [0.25, 0.3) is 0 Å². The molecule has 3 aromatic carbocycles. The van der Waals surface area contributed by atoms with Crippen molar-refractivity contribution in [3.05, 3.63) is 108 Å². The molecule has 1 aliphatic rings. The van der Waals surface area contributed by atoms with Crippen LogP contribution >= 0.6 is 0 Å². The Labute approximate surface area is 323 Å². The fourth-order valence-corrected chi connectivity index (χ4v) is 6.58. The van der Waals surface area contributed by atoms with Gasteiger partial charge in [-0.25, -0.2) is 0 Å². The number of piperazine rings is 1. The smallest absolute Gasteiger partial charge is 0.232 e. The van der Waals surface area contributed by atoms with Crippen LogP contribution in [0.5, 0.6) is 0 Å². The van der Waals surface area contributed by atoms with E-state index in [9.17, 15) is 0 Å². The molecule has 2 aromatic heterocycles. The third-order valence-electron chi connectivity index (χ3n) is 9.31. The summed E-state index contributed by atoms with van der Waals surface area (Å²) in [5, 5.41) is 6.87. The number of aromatic nitrogens is 6. The van der Waals surface area contributed by atoms with Crippen molar-refractivity contribution in [1.82, 2.24) is 29.9 Å². The van der Waals surface area contributed by atoms with Gasteiger partial charge in [0.1, 0.15) is 0 Å². The zero-order chi connectivity index (χ0) is 38.2. The first-order valence-electron chi connectivity index (χ1n) is 19.0. The Morgan fingerprint density at radius 2 is 0.964 bits per heavy atom. The first-order chi connectivity index (χ1) is 27.1. The molecule has 1 fully saturated rings. The molecule has 1 saturated heterocycles. The molecule has 0 spiro atoms. The largest absolute Gasteiger partial charge is 0.350 e. The monoisotopic (exact) mass is 746 g/mol. The van der Waals surface area contributed by atoms with Gasteiger partial charge in [0.15, 0.2) is 0 Å². The highest BCUT2D eigenvalue weighted by molar-refractivity contribution is 5.51. The summed E-state index contributed by atoms with van der Waals surface area (Å²) in [6.07, 6.45) is 0.740. The lowest BCUT2D eigenvalue weighted by molar-refractivity contribution is 0.502. The van der Waals surface area contributed by atoms with Gasteiger partial charge in [-0.2, -0.15) is 29.9 Å². The highest BCUT2D eigenvalue weighted by atomic mass is 15.4. The van der Waals surface area contributed by atoms with Crippen molar-refractivity contribution >= 4 is 35.7 Å². The zero-order valence-corrected chi connectivity index (χ0v) is 31.4. The van der Waals surface area contributed by atoms with Gasteiger partial charge in [-0.05, 0) is 23.1 Å². The second-order valence-corrected chi connectivity index (χ2v) is 13.3. The fourth-order valence-electron chi connectivity index (χ4n) is 6.58. The van der Waals surface area contributed by atoms with Crippen LogP contribution in [0.2, 0.25) is 0 Å². The van der Waals surface area contributed by atoms with Gasteiger partial charge < -0.3 is 53.2 Å². The molecule has 5 aromatic rings. The van der Waals surface area contributed by atoms with Gasteiger partial charge in [0.2, 0.25) is 35.7 Å². The minimum atomic E-state index is -0.0454. The summed E-state index contributed by atoms with van der Waals surface area (Å²) in [6.45, 7) is 6.97. The van der Waals surface area contributed by atoms with Crippen molar-refractivity contribution in [1.29, 1.82) is 0 Å². The summed E-state index contributed by atoms with van der Waals surface area (Å²) < 4.78 is 0. The number of hydrogen-bond donors (Lipinski definition) is 6. The molecule has 16 nitrogen and oxygen atoms in total. The van der Waals surface area contributed by atoms with Gasteiger partial charge in [0.05, 0.1) is 6.04 Å². The van der Waals surface area contributed by atoms with Gasteiger partial charge in [-0.1, -0.05) is 91.0 Å². The highest BCUT2D eigenvalue weighted by Gasteiger charge is 2.32. The van der Waals surface area contributed by atoms with E-state index in [2.05, 4.69) is 69.0 Å². The van der Waals surface area contributed by atoms with Crippen molar-refractivity contribution in [2.45, 2.75) is 25.6 Å². The molecular formula is C39H54N16. The Kier molecular flexibility index (Phi) is 14.3. The lowest BCUT2D eigenvalue weighted by atomic mass is 10.0. The predicted octanol–water partition coefficient (Wildman–Crippen LogP) is 1.67. The van der Waals surface area contributed by atoms with Crippen LogP contribution in [0.3, 0.4) is 0 Å². The maximum absolute atomic E-state index is 6.03. The summed E-state index contributed by atoms with van der Waals surface area (Å²) in [6, 6.07) is 30.8. The van der Waals surface area contributed by atoms with E-state index in [1.54, 1.807) is 0 Å². The number of benzene rings is 3. The number of nitrogens with two attached hydrogens (primary N) is 4. The Hall–Kier alpha value is -5.68. The van der Waals surface area contributed by atoms with E-state index in [0.717, 1.165) is 17.5 Å². The maximum Gasteiger partial charge on any atom is 0.232 e. The van der Waals surface area contributed by atoms with E-state index in [-0.39, 0.29) is 6.04 Å². The molecule has 1 aliphatic heterocycles. The van der Waals surface area contributed by atoms with Crippen molar-refractivity contribution in [3.63, 3.8) is 0 Å². The number of nitrogens with one attached hydrogen (secondary N) is 2. The third-order valence-corrected chi connectivity index (χ3v) is 9.31. The molecule has 1 atom stereocenters. The second-order valence-electron chi connectivity index (χ2n) is 13.3. The van der Waals surface area contributed by atoms with Crippen molar-refractivity contribution in [2.75, 3.05) is 102 Å². The SMILES string of the molecule is NCCN(CCN)c1nc(NCc2ccccc2)nc(N2CCN(c3nc(NCc4ccccc4)nc(N(CCN)CCN)n3)C(Cc3ccccc3)C2)n1. The van der Waals surface area contributed by atoms with E-state index in [0.29, 0.717) is 121 Å². The summed E-state index contributed by atoms with van der Waals surface area (Å²) in [7, 11) is 0. The van der Waals surface area contributed by atoms with Gasteiger partial charge in [0.25, 0.3) is 0 Å². The molecule has 290 valence electrons. The van der Waals surface area contributed by atoms with Crippen LogP contribution in [0.15, 0.2) is 91.0 Å². The lowest BCUT2D eigenvalue weighted by Gasteiger charge is -2.42. The molecule has 6 rings (SSSR count). The minimum absolute atomic E-state index is 0.0454. The summed E-state index contributed by atoms with van der Waals surface area (Å²) in [5.74, 6) is 3.21. The number of rotatable bonds is 20. The molecule has 0 saturated carbocycles. The van der Waals surface area contributed by atoms with E-state index in [1.807, 2.05) is 52.3 Å². The van der Waals surface area contributed by atoms with Gasteiger partial charge in [-0.3, -0.25) is 0 Å². The Bertz CT molecular complexity index is 1850. The maximum atomic E-state index is 6.03. The van der Waals surface area contributed by atoms with E-state index >= 15 is 0 Å². The van der Waals surface area contributed by atoms with Crippen LogP contribution in [0, 0.1) is 0 Å². The molecule has 10 N–H and O–H groups in total. The van der Waals surface area contributed by atoms with Crippen molar-refractivity contribution in [3.8, 4) is 0 Å². The molecule has 3 heterocycles. The van der Waals surface area contributed by atoms with Crippen LogP contribution in [0.4, 0.5) is 35.7 Å². The fraction of sp³-hybridized carbons (Fsp3) is 0.385. The first-order valence-corrected chi connectivity index (χ1v) is 19.0. The molecule has 0 radical (unpaired) electrons.